The van der Waals surface area contributed by atoms with E-state index < -0.39 is 11.9 Å². The highest BCUT2D eigenvalue weighted by molar-refractivity contribution is 9.10. The summed E-state index contributed by atoms with van der Waals surface area (Å²) in [4.78, 5) is 22.4. The summed E-state index contributed by atoms with van der Waals surface area (Å²) in [7, 11) is 0. The summed E-state index contributed by atoms with van der Waals surface area (Å²) in [5.41, 5.74) is 1.87. The molecule has 2 aromatic rings. The molecule has 0 saturated heterocycles. The van der Waals surface area contributed by atoms with Gasteiger partial charge in [-0.15, -0.1) is 0 Å². The third-order valence-corrected chi connectivity index (χ3v) is 3.51. The molecule has 0 aliphatic rings. The van der Waals surface area contributed by atoms with Crippen molar-refractivity contribution in [2.24, 2.45) is 0 Å². The first kappa shape index (κ1) is 14.3. The van der Waals surface area contributed by atoms with Crippen molar-refractivity contribution < 1.29 is 19.8 Å². The van der Waals surface area contributed by atoms with E-state index in [1.165, 1.54) is 12.1 Å². The third-order valence-electron chi connectivity index (χ3n) is 3.02. The minimum Gasteiger partial charge on any atom is -0.478 e. The second kappa shape index (κ2) is 5.46. The van der Waals surface area contributed by atoms with Gasteiger partial charge < -0.3 is 10.2 Å². The van der Waals surface area contributed by atoms with Gasteiger partial charge in [0.15, 0.2) is 0 Å². The average Bonchev–Trinajstić information content (AvgIpc) is 2.38. The van der Waals surface area contributed by atoms with Gasteiger partial charge in [-0.1, -0.05) is 28.1 Å². The zero-order valence-electron chi connectivity index (χ0n) is 10.6. The molecule has 2 N–H and O–H groups in total. The Kier molecular flexibility index (Phi) is 3.90. The molecule has 0 unspecified atom stereocenters. The first-order valence-electron chi connectivity index (χ1n) is 5.77. The number of carboxylic acids is 2. The van der Waals surface area contributed by atoms with Crippen LogP contribution in [0.5, 0.6) is 0 Å². The SMILES string of the molecule is Cc1c(C(=O)O)cc(C(=O)O)cc1-c1cccc(Br)c1. The molecule has 0 aliphatic heterocycles. The Morgan fingerprint density at radius 2 is 1.75 bits per heavy atom. The predicted octanol–water partition coefficient (Wildman–Crippen LogP) is 3.82. The van der Waals surface area contributed by atoms with E-state index in [4.69, 9.17) is 5.11 Å². The van der Waals surface area contributed by atoms with E-state index in [9.17, 15) is 14.7 Å². The van der Waals surface area contributed by atoms with Crippen LogP contribution in [0.1, 0.15) is 26.3 Å². The fourth-order valence-corrected chi connectivity index (χ4v) is 2.41. The maximum absolute atomic E-state index is 11.2. The predicted molar refractivity (Wildman–Crippen MR) is 78.2 cm³/mol. The van der Waals surface area contributed by atoms with Crippen molar-refractivity contribution in [3.63, 3.8) is 0 Å². The van der Waals surface area contributed by atoms with Crippen LogP contribution in [0.3, 0.4) is 0 Å². The second-order valence-electron chi connectivity index (χ2n) is 4.32. The largest absolute Gasteiger partial charge is 0.478 e. The van der Waals surface area contributed by atoms with Crippen LogP contribution in [-0.2, 0) is 0 Å². The van der Waals surface area contributed by atoms with Crippen molar-refractivity contribution in [1.82, 2.24) is 0 Å². The van der Waals surface area contributed by atoms with Gasteiger partial charge in [-0.25, -0.2) is 9.59 Å². The fourth-order valence-electron chi connectivity index (χ4n) is 2.02. The topological polar surface area (TPSA) is 74.6 Å². The first-order chi connectivity index (χ1) is 9.40. The summed E-state index contributed by atoms with van der Waals surface area (Å²) >= 11 is 3.35. The molecule has 0 fully saturated rings. The van der Waals surface area contributed by atoms with Crippen molar-refractivity contribution in [2.75, 3.05) is 0 Å². The van der Waals surface area contributed by atoms with Crippen molar-refractivity contribution in [2.45, 2.75) is 6.92 Å². The highest BCUT2D eigenvalue weighted by Gasteiger charge is 2.17. The fraction of sp³-hybridized carbons (Fsp3) is 0.0667. The molecule has 2 rings (SSSR count). The van der Waals surface area contributed by atoms with Crippen LogP contribution >= 0.6 is 15.9 Å². The summed E-state index contributed by atoms with van der Waals surface area (Å²) in [6.45, 7) is 1.67. The minimum atomic E-state index is -1.15. The quantitative estimate of drug-likeness (QED) is 0.894. The molecular weight excluding hydrogens is 324 g/mol. The molecule has 4 nitrogen and oxygen atoms in total. The molecular formula is C15H11BrO4. The lowest BCUT2D eigenvalue weighted by molar-refractivity contribution is 0.0695. The molecule has 0 aliphatic carbocycles. The molecule has 0 amide bonds. The van der Waals surface area contributed by atoms with E-state index in [0.29, 0.717) is 11.1 Å². The molecule has 0 saturated carbocycles. The van der Waals surface area contributed by atoms with Gasteiger partial charge in [0.25, 0.3) is 0 Å². The van der Waals surface area contributed by atoms with Gasteiger partial charge in [0, 0.05) is 4.47 Å². The van der Waals surface area contributed by atoms with Gasteiger partial charge in [0.2, 0.25) is 0 Å². The second-order valence-corrected chi connectivity index (χ2v) is 5.23. The van der Waals surface area contributed by atoms with Crippen LogP contribution in [0.25, 0.3) is 11.1 Å². The number of halogens is 1. The summed E-state index contributed by atoms with van der Waals surface area (Å²) in [6, 6.07) is 9.96. The van der Waals surface area contributed by atoms with Gasteiger partial charge in [-0.3, -0.25) is 0 Å². The summed E-state index contributed by atoms with van der Waals surface area (Å²) in [6.07, 6.45) is 0. The van der Waals surface area contributed by atoms with Crippen molar-refractivity contribution >= 4 is 27.9 Å². The minimum absolute atomic E-state index is 0.000115. The Morgan fingerprint density at radius 1 is 1.05 bits per heavy atom. The number of hydrogen-bond donors (Lipinski definition) is 2. The van der Waals surface area contributed by atoms with Crippen molar-refractivity contribution in [3.05, 3.63) is 57.6 Å². The number of carbonyl (C=O) groups is 2. The van der Waals surface area contributed by atoms with Crippen LogP contribution in [0.2, 0.25) is 0 Å². The average molecular weight is 335 g/mol. The molecule has 0 radical (unpaired) electrons. The Bertz CT molecular complexity index is 707. The maximum atomic E-state index is 11.2. The zero-order chi connectivity index (χ0) is 14.9. The van der Waals surface area contributed by atoms with E-state index in [2.05, 4.69) is 15.9 Å². The van der Waals surface area contributed by atoms with Crippen LogP contribution < -0.4 is 0 Å². The standard InChI is InChI=1S/C15H11BrO4/c1-8-12(9-3-2-4-11(16)5-9)6-10(14(17)18)7-13(8)15(19)20/h2-7H,1H3,(H,17,18)(H,19,20). The summed E-state index contributed by atoms with van der Waals surface area (Å²) in [5.74, 6) is -2.29. The molecule has 2 aromatic carbocycles. The van der Waals surface area contributed by atoms with Gasteiger partial charge in [-0.05, 0) is 47.9 Å². The number of rotatable bonds is 3. The molecule has 0 spiro atoms. The molecule has 0 aromatic heterocycles. The smallest absolute Gasteiger partial charge is 0.335 e. The highest BCUT2D eigenvalue weighted by Crippen LogP contribution is 2.29. The normalized spacial score (nSPS) is 10.3. The highest BCUT2D eigenvalue weighted by atomic mass is 79.9. The first-order valence-corrected chi connectivity index (χ1v) is 6.56. The number of benzene rings is 2. The van der Waals surface area contributed by atoms with Crippen LogP contribution in [-0.4, -0.2) is 22.2 Å². The number of aromatic carboxylic acids is 2. The lowest BCUT2D eigenvalue weighted by Crippen LogP contribution is -2.06. The van der Waals surface area contributed by atoms with Gasteiger partial charge >= 0.3 is 11.9 Å². The number of carboxylic acid groups (broad SMARTS) is 2. The van der Waals surface area contributed by atoms with E-state index in [-0.39, 0.29) is 11.1 Å². The third kappa shape index (κ3) is 2.72. The van der Waals surface area contributed by atoms with Gasteiger partial charge in [0.05, 0.1) is 11.1 Å². The van der Waals surface area contributed by atoms with Gasteiger partial charge in [0.1, 0.15) is 0 Å². The Labute approximate surface area is 123 Å². The summed E-state index contributed by atoms with van der Waals surface area (Å²) < 4.78 is 0.840. The lowest BCUT2D eigenvalue weighted by Gasteiger charge is -2.11. The van der Waals surface area contributed by atoms with Crippen LogP contribution in [0.4, 0.5) is 0 Å². The lowest BCUT2D eigenvalue weighted by atomic mass is 9.94. The Hall–Kier alpha value is -2.14. The summed E-state index contributed by atoms with van der Waals surface area (Å²) in [5, 5.41) is 18.3. The van der Waals surface area contributed by atoms with Crippen molar-refractivity contribution in [1.29, 1.82) is 0 Å². The van der Waals surface area contributed by atoms with E-state index in [1.807, 2.05) is 24.3 Å². The van der Waals surface area contributed by atoms with Crippen LogP contribution in [0, 0.1) is 6.92 Å². The van der Waals surface area contributed by atoms with Gasteiger partial charge in [-0.2, -0.15) is 0 Å². The molecule has 20 heavy (non-hydrogen) atoms. The van der Waals surface area contributed by atoms with E-state index in [0.717, 1.165) is 10.0 Å². The monoisotopic (exact) mass is 334 g/mol. The molecule has 0 bridgehead atoms. The van der Waals surface area contributed by atoms with Crippen LogP contribution in [0.15, 0.2) is 40.9 Å². The molecule has 0 heterocycles. The molecule has 102 valence electrons. The Morgan fingerprint density at radius 3 is 2.30 bits per heavy atom. The zero-order valence-corrected chi connectivity index (χ0v) is 12.1. The van der Waals surface area contributed by atoms with E-state index >= 15 is 0 Å². The maximum Gasteiger partial charge on any atom is 0.335 e. The van der Waals surface area contributed by atoms with Crippen molar-refractivity contribution in [3.8, 4) is 11.1 Å². The Balaban J connectivity index is 2.74. The molecule has 5 heteroatoms. The number of hydrogen-bond acceptors (Lipinski definition) is 2. The molecule has 0 atom stereocenters. The van der Waals surface area contributed by atoms with E-state index in [1.54, 1.807) is 6.92 Å².